The third-order valence-corrected chi connectivity index (χ3v) is 5.05. The SMILES string of the molecule is CN1C2CCC1CC(NCC1CC1)(C(N)=O)C2. The Morgan fingerprint density at radius 1 is 1.29 bits per heavy atom. The van der Waals surface area contributed by atoms with E-state index in [9.17, 15) is 4.79 Å². The third kappa shape index (κ3) is 1.97. The Kier molecular flexibility index (Phi) is 2.67. The molecular formula is C13H23N3O. The van der Waals surface area contributed by atoms with Gasteiger partial charge in [0.2, 0.25) is 5.91 Å². The van der Waals surface area contributed by atoms with Crippen molar-refractivity contribution in [1.82, 2.24) is 10.2 Å². The Balaban J connectivity index is 1.73. The molecule has 96 valence electrons. The maximum absolute atomic E-state index is 11.9. The number of nitrogens with two attached hydrogens (primary N) is 1. The molecule has 2 atom stereocenters. The van der Waals surface area contributed by atoms with Crippen LogP contribution in [0, 0.1) is 5.92 Å². The van der Waals surface area contributed by atoms with Crippen LogP contribution in [0.3, 0.4) is 0 Å². The molecule has 0 radical (unpaired) electrons. The van der Waals surface area contributed by atoms with Gasteiger partial charge in [-0.2, -0.15) is 0 Å². The summed E-state index contributed by atoms with van der Waals surface area (Å²) < 4.78 is 0. The quantitative estimate of drug-likeness (QED) is 0.747. The van der Waals surface area contributed by atoms with Gasteiger partial charge >= 0.3 is 0 Å². The molecule has 0 aromatic rings. The summed E-state index contributed by atoms with van der Waals surface area (Å²) in [5.74, 6) is 0.659. The van der Waals surface area contributed by atoms with Crippen molar-refractivity contribution in [3.63, 3.8) is 0 Å². The Morgan fingerprint density at radius 3 is 2.35 bits per heavy atom. The molecule has 3 aliphatic rings. The van der Waals surface area contributed by atoms with Crippen LogP contribution in [0.15, 0.2) is 0 Å². The maximum Gasteiger partial charge on any atom is 0.237 e. The topological polar surface area (TPSA) is 58.4 Å². The van der Waals surface area contributed by atoms with Gasteiger partial charge in [-0.1, -0.05) is 0 Å². The number of piperidine rings is 1. The van der Waals surface area contributed by atoms with Gasteiger partial charge in [-0.3, -0.25) is 4.79 Å². The fourth-order valence-corrected chi connectivity index (χ4v) is 3.56. The predicted molar refractivity (Wildman–Crippen MR) is 66.5 cm³/mol. The lowest BCUT2D eigenvalue weighted by Gasteiger charge is -2.44. The van der Waals surface area contributed by atoms with E-state index in [2.05, 4.69) is 17.3 Å². The average Bonchev–Trinajstić information content (AvgIpc) is 3.08. The summed E-state index contributed by atoms with van der Waals surface area (Å²) in [5, 5.41) is 3.52. The smallest absolute Gasteiger partial charge is 0.237 e. The number of fused-ring (bicyclic) bond motifs is 2. The van der Waals surface area contributed by atoms with Gasteiger partial charge in [0.1, 0.15) is 5.54 Å². The van der Waals surface area contributed by atoms with E-state index in [1.54, 1.807) is 0 Å². The van der Waals surface area contributed by atoms with E-state index < -0.39 is 5.54 Å². The van der Waals surface area contributed by atoms with E-state index in [1.165, 1.54) is 25.7 Å². The van der Waals surface area contributed by atoms with Crippen molar-refractivity contribution < 1.29 is 4.79 Å². The largest absolute Gasteiger partial charge is 0.368 e. The average molecular weight is 237 g/mol. The van der Waals surface area contributed by atoms with Gasteiger partial charge in [0, 0.05) is 12.1 Å². The van der Waals surface area contributed by atoms with Crippen molar-refractivity contribution in [3.05, 3.63) is 0 Å². The summed E-state index contributed by atoms with van der Waals surface area (Å²) in [4.78, 5) is 14.3. The van der Waals surface area contributed by atoms with Gasteiger partial charge in [-0.25, -0.2) is 0 Å². The fourth-order valence-electron chi connectivity index (χ4n) is 3.56. The van der Waals surface area contributed by atoms with Crippen molar-refractivity contribution >= 4 is 5.91 Å². The molecule has 3 fully saturated rings. The molecule has 3 N–H and O–H groups in total. The number of amides is 1. The van der Waals surface area contributed by atoms with Gasteiger partial charge in [-0.05, 0) is 58.0 Å². The minimum absolute atomic E-state index is 0.136. The molecule has 4 nitrogen and oxygen atoms in total. The summed E-state index contributed by atoms with van der Waals surface area (Å²) in [5.41, 5.74) is 5.27. The number of carbonyl (C=O) groups excluding carboxylic acids is 1. The molecule has 0 aromatic heterocycles. The number of hydrogen-bond donors (Lipinski definition) is 2. The van der Waals surface area contributed by atoms with Crippen LogP contribution in [0.25, 0.3) is 0 Å². The molecular weight excluding hydrogens is 214 g/mol. The molecule has 17 heavy (non-hydrogen) atoms. The van der Waals surface area contributed by atoms with E-state index in [0.717, 1.165) is 25.3 Å². The van der Waals surface area contributed by atoms with E-state index >= 15 is 0 Å². The molecule has 4 heteroatoms. The highest BCUT2D eigenvalue weighted by atomic mass is 16.1. The molecule has 3 rings (SSSR count). The van der Waals surface area contributed by atoms with Crippen LogP contribution >= 0.6 is 0 Å². The van der Waals surface area contributed by atoms with Crippen LogP contribution in [0.1, 0.15) is 38.5 Å². The summed E-state index contributed by atoms with van der Waals surface area (Å²) in [6.45, 7) is 0.978. The van der Waals surface area contributed by atoms with Gasteiger partial charge in [-0.15, -0.1) is 0 Å². The summed E-state index contributed by atoms with van der Waals surface area (Å²) in [6, 6.07) is 1.10. The molecule has 2 bridgehead atoms. The first kappa shape index (κ1) is 11.5. The predicted octanol–water partition coefficient (Wildman–Crippen LogP) is 0.467. The van der Waals surface area contributed by atoms with Crippen LogP contribution in [0.2, 0.25) is 0 Å². The van der Waals surface area contributed by atoms with Gasteiger partial charge < -0.3 is 16.0 Å². The third-order valence-electron chi connectivity index (χ3n) is 5.05. The number of rotatable bonds is 4. The molecule has 0 aromatic carbocycles. The van der Waals surface area contributed by atoms with Crippen molar-refractivity contribution in [1.29, 1.82) is 0 Å². The molecule has 2 aliphatic heterocycles. The second-order valence-electron chi connectivity index (χ2n) is 6.23. The number of primary amides is 1. The van der Waals surface area contributed by atoms with Gasteiger partial charge in [0.15, 0.2) is 0 Å². The lowest BCUT2D eigenvalue weighted by molar-refractivity contribution is -0.127. The molecule has 2 unspecified atom stereocenters. The fraction of sp³-hybridized carbons (Fsp3) is 0.923. The first-order chi connectivity index (χ1) is 8.11. The standard InChI is InChI=1S/C13H23N3O/c1-16-10-4-5-11(16)7-13(6-10,12(14)17)15-8-9-2-3-9/h9-11,15H,2-8H2,1H3,(H2,14,17). The second-order valence-corrected chi connectivity index (χ2v) is 6.23. The maximum atomic E-state index is 11.9. The Morgan fingerprint density at radius 2 is 1.88 bits per heavy atom. The summed E-state index contributed by atoms with van der Waals surface area (Å²) >= 11 is 0. The van der Waals surface area contributed by atoms with Crippen LogP contribution in [-0.2, 0) is 4.79 Å². The number of nitrogens with zero attached hydrogens (tertiary/aromatic N) is 1. The summed E-state index contributed by atoms with van der Waals surface area (Å²) in [7, 11) is 2.19. The Hall–Kier alpha value is -0.610. The highest BCUT2D eigenvalue weighted by Crippen LogP contribution is 2.40. The lowest BCUT2D eigenvalue weighted by atomic mass is 9.82. The molecule has 0 spiro atoms. The first-order valence-electron chi connectivity index (χ1n) is 6.87. The second kappa shape index (κ2) is 3.95. The van der Waals surface area contributed by atoms with Crippen molar-refractivity contribution in [2.24, 2.45) is 11.7 Å². The highest BCUT2D eigenvalue weighted by molar-refractivity contribution is 5.85. The van der Waals surface area contributed by atoms with E-state index in [0.29, 0.717) is 12.1 Å². The monoisotopic (exact) mass is 237 g/mol. The normalized spacial score (nSPS) is 41.7. The zero-order chi connectivity index (χ0) is 12.0. The zero-order valence-electron chi connectivity index (χ0n) is 10.6. The van der Waals surface area contributed by atoms with Crippen LogP contribution in [-0.4, -0.2) is 42.0 Å². The Bertz CT molecular complexity index is 313. The number of nitrogens with one attached hydrogen (secondary N) is 1. The number of carbonyl (C=O) groups is 1. The lowest BCUT2D eigenvalue weighted by Crippen LogP contribution is -2.63. The first-order valence-corrected chi connectivity index (χ1v) is 6.87. The number of hydrogen-bond acceptors (Lipinski definition) is 3. The van der Waals surface area contributed by atoms with Gasteiger partial charge in [0.25, 0.3) is 0 Å². The van der Waals surface area contributed by atoms with Crippen LogP contribution < -0.4 is 11.1 Å². The van der Waals surface area contributed by atoms with E-state index in [4.69, 9.17) is 5.73 Å². The highest BCUT2D eigenvalue weighted by Gasteiger charge is 2.50. The molecule has 1 saturated carbocycles. The van der Waals surface area contributed by atoms with E-state index in [-0.39, 0.29) is 5.91 Å². The van der Waals surface area contributed by atoms with Crippen LogP contribution in [0.5, 0.6) is 0 Å². The van der Waals surface area contributed by atoms with Crippen LogP contribution in [0.4, 0.5) is 0 Å². The minimum atomic E-state index is -0.416. The molecule has 2 saturated heterocycles. The van der Waals surface area contributed by atoms with Gasteiger partial charge in [0.05, 0.1) is 0 Å². The minimum Gasteiger partial charge on any atom is -0.368 e. The Labute approximate surface area is 103 Å². The molecule has 1 amide bonds. The zero-order valence-corrected chi connectivity index (χ0v) is 10.6. The van der Waals surface area contributed by atoms with Crippen molar-refractivity contribution in [2.45, 2.75) is 56.1 Å². The van der Waals surface area contributed by atoms with Crippen molar-refractivity contribution in [3.8, 4) is 0 Å². The summed E-state index contributed by atoms with van der Waals surface area (Å²) in [6.07, 6.45) is 6.88. The molecule has 1 aliphatic carbocycles. The molecule has 2 heterocycles. The van der Waals surface area contributed by atoms with E-state index in [1.807, 2.05) is 0 Å². The van der Waals surface area contributed by atoms with Crippen molar-refractivity contribution in [2.75, 3.05) is 13.6 Å².